The van der Waals surface area contributed by atoms with Crippen LogP contribution in [0.5, 0.6) is 0 Å². The molecule has 4 nitrogen and oxygen atoms in total. The Morgan fingerprint density at radius 3 is 2.83 bits per heavy atom. The van der Waals surface area contributed by atoms with Gasteiger partial charge in [0.1, 0.15) is 0 Å². The fraction of sp³-hybridized carbons (Fsp3) is 0.421. The van der Waals surface area contributed by atoms with E-state index in [-0.39, 0.29) is 18.2 Å². The average Bonchev–Trinajstić information content (AvgIpc) is 3.09. The van der Waals surface area contributed by atoms with Gasteiger partial charge in [-0.15, -0.1) is 0 Å². The molecule has 2 atom stereocenters. The second kappa shape index (κ2) is 7.01. The van der Waals surface area contributed by atoms with Gasteiger partial charge in [-0.3, -0.25) is 0 Å². The molecule has 2 aromatic rings. The molecule has 1 aliphatic rings. The summed E-state index contributed by atoms with van der Waals surface area (Å²) < 4.78 is 5.63. The Kier molecular flexibility index (Phi) is 4.82. The first-order chi connectivity index (χ1) is 11.1. The largest absolute Gasteiger partial charge is 0.376 e. The van der Waals surface area contributed by atoms with Gasteiger partial charge in [0, 0.05) is 20.2 Å². The molecule has 0 radical (unpaired) electrons. The zero-order valence-corrected chi connectivity index (χ0v) is 13.8. The summed E-state index contributed by atoms with van der Waals surface area (Å²) in [4.78, 5) is 14.1. The monoisotopic (exact) mass is 312 g/mol. The van der Waals surface area contributed by atoms with Crippen molar-refractivity contribution in [1.82, 2.24) is 10.2 Å². The molecule has 0 unspecified atom stereocenters. The first-order valence-electron chi connectivity index (χ1n) is 8.24. The smallest absolute Gasteiger partial charge is 0.317 e. The molecule has 0 aromatic heterocycles. The normalized spacial score (nSPS) is 18.8. The van der Waals surface area contributed by atoms with Crippen molar-refractivity contribution in [3.05, 3.63) is 48.0 Å². The molecule has 1 aliphatic heterocycles. The van der Waals surface area contributed by atoms with Gasteiger partial charge in [0.15, 0.2) is 0 Å². The predicted octanol–water partition coefficient (Wildman–Crippen LogP) is 3.55. The van der Waals surface area contributed by atoms with Gasteiger partial charge in [0.2, 0.25) is 0 Å². The van der Waals surface area contributed by atoms with Crippen molar-refractivity contribution >= 4 is 16.8 Å². The van der Waals surface area contributed by atoms with Crippen molar-refractivity contribution in [2.24, 2.45) is 0 Å². The molecule has 1 heterocycles. The topological polar surface area (TPSA) is 41.6 Å². The van der Waals surface area contributed by atoms with E-state index in [1.165, 1.54) is 10.8 Å². The summed E-state index contributed by atoms with van der Waals surface area (Å²) in [5.74, 6) is 0. The fourth-order valence-electron chi connectivity index (χ4n) is 3.08. The lowest BCUT2D eigenvalue weighted by Gasteiger charge is -2.24. The second-order valence-corrected chi connectivity index (χ2v) is 6.33. The van der Waals surface area contributed by atoms with Crippen LogP contribution >= 0.6 is 0 Å². The number of rotatable bonds is 4. The molecule has 1 N–H and O–H groups in total. The number of hydrogen-bond donors (Lipinski definition) is 1. The summed E-state index contributed by atoms with van der Waals surface area (Å²) in [6, 6.07) is 14.6. The van der Waals surface area contributed by atoms with Crippen molar-refractivity contribution in [3.63, 3.8) is 0 Å². The third kappa shape index (κ3) is 3.82. The molecular weight excluding hydrogens is 288 g/mol. The molecule has 0 saturated carbocycles. The van der Waals surface area contributed by atoms with Crippen LogP contribution in [0.3, 0.4) is 0 Å². The molecule has 0 bridgehead atoms. The van der Waals surface area contributed by atoms with E-state index in [1.54, 1.807) is 4.90 Å². The third-order valence-electron chi connectivity index (χ3n) is 4.45. The van der Waals surface area contributed by atoms with Gasteiger partial charge < -0.3 is 15.0 Å². The van der Waals surface area contributed by atoms with Crippen LogP contribution in [0, 0.1) is 0 Å². The van der Waals surface area contributed by atoms with E-state index in [2.05, 4.69) is 35.6 Å². The first kappa shape index (κ1) is 15.8. The van der Waals surface area contributed by atoms with Gasteiger partial charge >= 0.3 is 6.03 Å². The van der Waals surface area contributed by atoms with Gasteiger partial charge in [-0.05, 0) is 42.2 Å². The van der Waals surface area contributed by atoms with Crippen molar-refractivity contribution < 1.29 is 9.53 Å². The zero-order valence-electron chi connectivity index (χ0n) is 13.8. The van der Waals surface area contributed by atoms with Crippen LogP contribution in [-0.4, -0.2) is 36.7 Å². The number of urea groups is 1. The van der Waals surface area contributed by atoms with Gasteiger partial charge in [0.25, 0.3) is 0 Å². The number of hydrogen-bond acceptors (Lipinski definition) is 2. The number of nitrogens with zero attached hydrogens (tertiary/aromatic N) is 1. The summed E-state index contributed by atoms with van der Waals surface area (Å²) in [5, 5.41) is 5.46. The number of fused-ring (bicyclic) bond motifs is 1. The zero-order chi connectivity index (χ0) is 16.2. The maximum absolute atomic E-state index is 12.3. The highest BCUT2D eigenvalue weighted by Gasteiger charge is 2.24. The molecule has 122 valence electrons. The van der Waals surface area contributed by atoms with E-state index in [9.17, 15) is 4.79 Å². The highest BCUT2D eigenvalue weighted by Crippen LogP contribution is 2.17. The summed E-state index contributed by atoms with van der Waals surface area (Å²) in [6.45, 7) is 3.41. The van der Waals surface area contributed by atoms with Gasteiger partial charge in [0.05, 0.1) is 12.1 Å². The summed E-state index contributed by atoms with van der Waals surface area (Å²) >= 11 is 0. The minimum atomic E-state index is -0.0545. The van der Waals surface area contributed by atoms with E-state index in [1.807, 2.05) is 26.1 Å². The second-order valence-electron chi connectivity index (χ2n) is 6.33. The highest BCUT2D eigenvalue weighted by molar-refractivity contribution is 5.83. The molecule has 4 heteroatoms. The maximum atomic E-state index is 12.3. The van der Waals surface area contributed by atoms with Crippen molar-refractivity contribution in [2.45, 2.75) is 38.5 Å². The Morgan fingerprint density at radius 1 is 1.30 bits per heavy atom. The number of benzene rings is 2. The molecule has 2 amide bonds. The minimum absolute atomic E-state index is 0.0454. The van der Waals surface area contributed by atoms with Gasteiger partial charge in [-0.25, -0.2) is 4.79 Å². The molecule has 3 rings (SSSR count). The lowest BCUT2D eigenvalue weighted by molar-refractivity contribution is 0.0838. The third-order valence-corrected chi connectivity index (χ3v) is 4.45. The van der Waals surface area contributed by atoms with E-state index in [0.29, 0.717) is 6.54 Å². The molecular formula is C19H24N2O2. The predicted molar refractivity (Wildman–Crippen MR) is 92.4 cm³/mol. The quantitative estimate of drug-likeness (QED) is 0.938. The Bertz CT molecular complexity index is 680. The maximum Gasteiger partial charge on any atom is 0.317 e. The van der Waals surface area contributed by atoms with Gasteiger partial charge in [-0.2, -0.15) is 0 Å². The molecule has 1 fully saturated rings. The van der Waals surface area contributed by atoms with Gasteiger partial charge in [-0.1, -0.05) is 36.4 Å². The number of carbonyl (C=O) groups excluding carboxylic acids is 1. The Labute approximate surface area is 137 Å². The Balaban J connectivity index is 1.60. The van der Waals surface area contributed by atoms with Crippen LogP contribution in [-0.2, 0) is 11.3 Å². The summed E-state index contributed by atoms with van der Waals surface area (Å²) in [6.07, 6.45) is 2.25. The van der Waals surface area contributed by atoms with Crippen LogP contribution in [0.1, 0.15) is 25.3 Å². The number of nitrogens with one attached hydrogen (secondary N) is 1. The van der Waals surface area contributed by atoms with Crippen molar-refractivity contribution in [2.75, 3.05) is 13.7 Å². The lowest BCUT2D eigenvalue weighted by Crippen LogP contribution is -2.46. The number of amides is 2. The molecule has 0 spiro atoms. The van der Waals surface area contributed by atoms with Crippen LogP contribution in [0.15, 0.2) is 42.5 Å². The van der Waals surface area contributed by atoms with Crippen LogP contribution < -0.4 is 5.32 Å². The van der Waals surface area contributed by atoms with Crippen LogP contribution in [0.2, 0.25) is 0 Å². The Morgan fingerprint density at radius 2 is 2.09 bits per heavy atom. The fourth-order valence-corrected chi connectivity index (χ4v) is 3.08. The highest BCUT2D eigenvalue weighted by atomic mass is 16.5. The van der Waals surface area contributed by atoms with Crippen molar-refractivity contribution in [1.29, 1.82) is 0 Å². The minimum Gasteiger partial charge on any atom is -0.376 e. The van der Waals surface area contributed by atoms with E-state index < -0.39 is 0 Å². The standard InChI is InChI=1S/C19H24N2O2/c1-14(18-8-5-11-23-18)20-19(22)21(2)13-15-9-10-16-6-3-4-7-17(16)12-15/h3-4,6-7,9-10,12,14,18H,5,8,11,13H2,1-2H3,(H,20,22)/t14-,18-/m0/s1. The molecule has 2 aromatic carbocycles. The summed E-state index contributed by atoms with van der Waals surface area (Å²) in [5.41, 5.74) is 1.13. The molecule has 23 heavy (non-hydrogen) atoms. The van der Waals surface area contributed by atoms with E-state index >= 15 is 0 Å². The molecule has 1 saturated heterocycles. The average molecular weight is 312 g/mol. The van der Waals surface area contributed by atoms with Crippen LogP contribution in [0.4, 0.5) is 4.79 Å². The first-order valence-corrected chi connectivity index (χ1v) is 8.24. The molecule has 0 aliphatic carbocycles. The Hall–Kier alpha value is -2.07. The number of carbonyl (C=O) groups is 1. The van der Waals surface area contributed by atoms with Crippen molar-refractivity contribution in [3.8, 4) is 0 Å². The number of ether oxygens (including phenoxy) is 1. The van der Waals surface area contributed by atoms with E-state index in [4.69, 9.17) is 4.74 Å². The SMILES string of the molecule is C[C@H](NC(=O)N(C)Cc1ccc2ccccc2c1)[C@@H]1CCCO1. The van der Waals surface area contributed by atoms with E-state index in [0.717, 1.165) is 25.0 Å². The lowest BCUT2D eigenvalue weighted by atomic mass is 10.1. The van der Waals surface area contributed by atoms with Crippen LogP contribution in [0.25, 0.3) is 10.8 Å². The summed E-state index contributed by atoms with van der Waals surface area (Å²) in [7, 11) is 1.83.